The summed E-state index contributed by atoms with van der Waals surface area (Å²) in [4.78, 5) is 28.1. The smallest absolute Gasteiger partial charge is 0.411 e. The first-order valence-electron chi connectivity index (χ1n) is 5.82. The third-order valence-corrected chi connectivity index (χ3v) is 3.30. The van der Waals surface area contributed by atoms with Gasteiger partial charge in [-0.1, -0.05) is 0 Å². The highest BCUT2D eigenvalue weighted by Crippen LogP contribution is 2.21. The first kappa shape index (κ1) is 17.5. The number of carboxylic acids is 1. The molecular weight excluding hydrogens is 313 g/mol. The molecule has 0 spiro atoms. The van der Waals surface area contributed by atoms with Gasteiger partial charge in [-0.3, -0.25) is 0 Å². The average molecular weight is 326 g/mol. The normalized spacial score (nSPS) is 11.6. The van der Waals surface area contributed by atoms with Gasteiger partial charge >= 0.3 is 17.8 Å². The van der Waals surface area contributed by atoms with E-state index in [0.29, 0.717) is 0 Å². The van der Waals surface area contributed by atoms with Crippen LogP contribution >= 0.6 is 11.8 Å². The number of halogens is 3. The summed E-state index contributed by atoms with van der Waals surface area (Å²) < 4.78 is 39.9. The van der Waals surface area contributed by atoms with Crippen LogP contribution in [0.15, 0.2) is 9.82 Å². The van der Waals surface area contributed by atoms with Crippen LogP contribution in [0.1, 0.15) is 22.5 Å². The number of alkyl halides is 3. The van der Waals surface area contributed by atoms with E-state index in [1.54, 1.807) is 0 Å². The topological polar surface area (TPSA) is 92.3 Å². The van der Waals surface area contributed by atoms with Crippen LogP contribution < -0.4 is 5.69 Å². The Morgan fingerprint density at radius 3 is 2.71 bits per heavy atom. The molecule has 0 fully saturated rings. The molecule has 0 aromatic carbocycles. The van der Waals surface area contributed by atoms with Gasteiger partial charge in [0.2, 0.25) is 0 Å². The molecule has 0 bridgehead atoms. The fourth-order valence-corrected chi connectivity index (χ4v) is 2.42. The van der Waals surface area contributed by atoms with Gasteiger partial charge in [0, 0.05) is 18.1 Å². The fraction of sp³-hybridized carbons (Fsp3) is 0.545. The van der Waals surface area contributed by atoms with Crippen LogP contribution in [0.5, 0.6) is 0 Å². The number of carboxylic acid groups (broad SMARTS) is 1. The number of hydrogen-bond acceptors (Lipinski definition) is 5. The van der Waals surface area contributed by atoms with Crippen molar-refractivity contribution >= 4 is 17.7 Å². The summed E-state index contributed by atoms with van der Waals surface area (Å²) in [5.41, 5.74) is -0.609. The van der Waals surface area contributed by atoms with E-state index in [1.165, 1.54) is 6.92 Å². The number of rotatable bonds is 7. The Labute approximate surface area is 121 Å². The summed E-state index contributed by atoms with van der Waals surface area (Å²) in [7, 11) is 0. The van der Waals surface area contributed by atoms with Gasteiger partial charge in [0.1, 0.15) is 17.2 Å². The Kier molecular flexibility index (Phi) is 6.21. The van der Waals surface area contributed by atoms with Crippen molar-refractivity contribution in [3.63, 3.8) is 0 Å². The summed E-state index contributed by atoms with van der Waals surface area (Å²) >= 11 is 0.988. The van der Waals surface area contributed by atoms with Crippen LogP contribution in [-0.2, 0) is 4.74 Å². The molecule has 1 heterocycles. The lowest BCUT2D eigenvalue weighted by atomic mass is 10.2. The van der Waals surface area contributed by atoms with Crippen molar-refractivity contribution < 1.29 is 27.8 Å². The summed E-state index contributed by atoms with van der Waals surface area (Å²) in [5, 5.41) is 9.08. The number of thioether (sulfide) groups is 1. The van der Waals surface area contributed by atoms with Gasteiger partial charge in [0.05, 0.1) is 0 Å². The van der Waals surface area contributed by atoms with E-state index in [1.807, 2.05) is 0 Å². The van der Waals surface area contributed by atoms with Gasteiger partial charge in [0.15, 0.2) is 0 Å². The lowest BCUT2D eigenvalue weighted by Crippen LogP contribution is -2.18. The summed E-state index contributed by atoms with van der Waals surface area (Å²) in [6, 6.07) is 0. The summed E-state index contributed by atoms with van der Waals surface area (Å²) in [6.07, 6.45) is -4.09. The Morgan fingerprint density at radius 2 is 2.14 bits per heavy atom. The molecule has 0 radical (unpaired) electrons. The van der Waals surface area contributed by atoms with Crippen molar-refractivity contribution in [2.45, 2.75) is 24.5 Å². The predicted octanol–water partition coefficient (Wildman–Crippen LogP) is 1.84. The lowest BCUT2D eigenvalue weighted by Gasteiger charge is -2.08. The number of aryl methyl sites for hydroxylation is 1. The molecule has 1 aromatic rings. The number of ether oxygens (including phenoxy) is 1. The van der Waals surface area contributed by atoms with Crippen LogP contribution in [0.2, 0.25) is 0 Å². The van der Waals surface area contributed by atoms with E-state index < -0.39 is 24.4 Å². The van der Waals surface area contributed by atoms with Gasteiger partial charge in [-0.2, -0.15) is 18.2 Å². The summed E-state index contributed by atoms with van der Waals surface area (Å²) in [6.45, 7) is 0.000525. The molecule has 0 saturated heterocycles. The zero-order valence-electron chi connectivity index (χ0n) is 11.0. The van der Waals surface area contributed by atoms with Crippen LogP contribution in [0.4, 0.5) is 13.2 Å². The number of aromatic amines is 1. The molecule has 10 heteroatoms. The van der Waals surface area contributed by atoms with Crippen molar-refractivity contribution in [3.05, 3.63) is 21.7 Å². The highest BCUT2D eigenvalue weighted by atomic mass is 32.2. The number of aromatic nitrogens is 2. The maximum atomic E-state index is 11.8. The third kappa shape index (κ3) is 6.17. The van der Waals surface area contributed by atoms with E-state index in [0.717, 1.165) is 11.8 Å². The largest absolute Gasteiger partial charge is 0.478 e. The van der Waals surface area contributed by atoms with Crippen LogP contribution in [0, 0.1) is 6.92 Å². The van der Waals surface area contributed by atoms with Gasteiger partial charge in [-0.15, -0.1) is 11.8 Å². The van der Waals surface area contributed by atoms with Gasteiger partial charge in [-0.05, 0) is 13.3 Å². The number of H-pyrrole nitrogens is 1. The van der Waals surface area contributed by atoms with Crippen LogP contribution in [0.3, 0.4) is 0 Å². The first-order valence-corrected chi connectivity index (χ1v) is 6.81. The minimum Gasteiger partial charge on any atom is -0.478 e. The molecule has 0 aliphatic carbocycles. The van der Waals surface area contributed by atoms with Crippen molar-refractivity contribution in [2.24, 2.45) is 0 Å². The number of hydrogen-bond donors (Lipinski definition) is 2. The molecule has 21 heavy (non-hydrogen) atoms. The maximum Gasteiger partial charge on any atom is 0.411 e. The molecule has 0 aliphatic rings. The highest BCUT2D eigenvalue weighted by Gasteiger charge is 2.27. The second-order valence-electron chi connectivity index (χ2n) is 4.02. The monoisotopic (exact) mass is 326 g/mol. The Morgan fingerprint density at radius 1 is 1.48 bits per heavy atom. The Hall–Kier alpha value is -1.55. The SMILES string of the molecule is Cc1[nH]c(=O)nc(SCCCOCC(F)(F)F)c1C(=O)O. The zero-order chi connectivity index (χ0) is 16.0. The predicted molar refractivity (Wildman–Crippen MR) is 68.8 cm³/mol. The Bertz CT molecular complexity index is 559. The summed E-state index contributed by atoms with van der Waals surface area (Å²) in [5.74, 6) is -0.944. The van der Waals surface area contributed by atoms with Crippen molar-refractivity contribution in [3.8, 4) is 0 Å². The van der Waals surface area contributed by atoms with Gasteiger partial charge < -0.3 is 14.8 Å². The molecular formula is C11H13F3N2O4S. The van der Waals surface area contributed by atoms with Crippen molar-refractivity contribution in [2.75, 3.05) is 19.0 Å². The average Bonchev–Trinajstić information content (AvgIpc) is 2.30. The van der Waals surface area contributed by atoms with E-state index >= 15 is 0 Å². The lowest BCUT2D eigenvalue weighted by molar-refractivity contribution is -0.173. The third-order valence-electron chi connectivity index (χ3n) is 2.24. The van der Waals surface area contributed by atoms with Crippen LogP contribution in [0.25, 0.3) is 0 Å². The molecule has 0 atom stereocenters. The number of nitrogens with one attached hydrogen (secondary N) is 1. The molecule has 1 aromatic heterocycles. The highest BCUT2D eigenvalue weighted by molar-refractivity contribution is 7.99. The molecule has 0 saturated carbocycles. The van der Waals surface area contributed by atoms with E-state index in [4.69, 9.17) is 5.11 Å². The van der Waals surface area contributed by atoms with Gasteiger partial charge in [0.25, 0.3) is 0 Å². The standard InChI is InChI=1S/C11H13F3N2O4S/c1-6-7(9(17)18)8(16-10(19)15-6)21-4-2-3-20-5-11(12,13)14/h2-5H2,1H3,(H,17,18)(H,15,16,19). The van der Waals surface area contributed by atoms with E-state index in [9.17, 15) is 22.8 Å². The molecule has 0 unspecified atom stereocenters. The second-order valence-corrected chi connectivity index (χ2v) is 5.11. The van der Waals surface area contributed by atoms with Crippen LogP contribution in [-0.4, -0.2) is 46.2 Å². The number of carbonyl (C=O) groups is 1. The number of nitrogens with zero attached hydrogens (tertiary/aromatic N) is 1. The van der Waals surface area contributed by atoms with Crippen molar-refractivity contribution in [1.82, 2.24) is 9.97 Å². The van der Waals surface area contributed by atoms with Gasteiger partial charge in [-0.25, -0.2) is 9.59 Å². The zero-order valence-corrected chi connectivity index (χ0v) is 11.8. The molecule has 118 valence electrons. The molecule has 0 amide bonds. The fourth-order valence-electron chi connectivity index (χ4n) is 1.43. The van der Waals surface area contributed by atoms with E-state index in [2.05, 4.69) is 14.7 Å². The molecule has 6 nitrogen and oxygen atoms in total. The Balaban J connectivity index is 2.52. The van der Waals surface area contributed by atoms with Crippen molar-refractivity contribution in [1.29, 1.82) is 0 Å². The quantitative estimate of drug-likeness (QED) is 0.451. The van der Waals surface area contributed by atoms with E-state index in [-0.39, 0.29) is 35.1 Å². The molecule has 0 aliphatic heterocycles. The number of aromatic carboxylic acids is 1. The maximum absolute atomic E-state index is 11.8. The first-order chi connectivity index (χ1) is 9.70. The minimum atomic E-state index is -4.37. The minimum absolute atomic E-state index is 0.0413. The molecule has 1 rings (SSSR count). The second kappa shape index (κ2) is 7.46. The molecule has 2 N–H and O–H groups in total.